The Morgan fingerprint density at radius 3 is 2.17 bits per heavy atom. The predicted octanol–water partition coefficient (Wildman–Crippen LogP) is 1.87. The Bertz CT molecular complexity index is 543. The van der Waals surface area contributed by atoms with Crippen molar-refractivity contribution in [1.29, 1.82) is 0 Å². The zero-order valence-electron chi connectivity index (χ0n) is 13.7. The lowest BCUT2D eigenvalue weighted by atomic mass is 10.0. The number of carbonyl (C=O) groups excluding carboxylic acids is 2. The fourth-order valence-electron chi connectivity index (χ4n) is 2.31. The van der Waals surface area contributed by atoms with Crippen molar-refractivity contribution in [3.8, 4) is 0 Å². The molecule has 0 spiro atoms. The summed E-state index contributed by atoms with van der Waals surface area (Å²) in [7, 11) is 0. The van der Waals surface area contributed by atoms with Crippen LogP contribution in [0, 0.1) is 5.92 Å². The highest BCUT2D eigenvalue weighted by Gasteiger charge is 2.23. The first-order valence-corrected chi connectivity index (χ1v) is 7.63. The average molecular weight is 320 g/mol. The van der Waals surface area contributed by atoms with Crippen LogP contribution in [0.25, 0.3) is 0 Å². The van der Waals surface area contributed by atoms with E-state index in [-0.39, 0.29) is 18.2 Å². The summed E-state index contributed by atoms with van der Waals surface area (Å²) in [6.07, 6.45) is 0.350. The minimum Gasteiger partial charge on any atom is -0.480 e. The van der Waals surface area contributed by atoms with E-state index in [1.165, 1.54) is 6.92 Å². The molecule has 126 valence electrons. The second-order valence-corrected chi connectivity index (χ2v) is 5.96. The van der Waals surface area contributed by atoms with E-state index in [2.05, 4.69) is 10.6 Å². The number of carboxylic acid groups (broad SMARTS) is 1. The molecule has 0 heterocycles. The summed E-state index contributed by atoms with van der Waals surface area (Å²) in [5, 5.41) is 14.4. The summed E-state index contributed by atoms with van der Waals surface area (Å²) >= 11 is 0. The number of carbonyl (C=O) groups is 3. The Hall–Kier alpha value is -2.37. The van der Waals surface area contributed by atoms with Crippen LogP contribution in [0.4, 0.5) is 0 Å². The van der Waals surface area contributed by atoms with Gasteiger partial charge < -0.3 is 15.7 Å². The fourth-order valence-corrected chi connectivity index (χ4v) is 2.31. The Labute approximate surface area is 136 Å². The molecular formula is C17H24N2O4. The summed E-state index contributed by atoms with van der Waals surface area (Å²) < 4.78 is 0. The number of benzene rings is 1. The number of nitrogens with one attached hydrogen (secondary N) is 2. The van der Waals surface area contributed by atoms with Crippen LogP contribution in [0.1, 0.15) is 45.2 Å². The maximum atomic E-state index is 12.2. The van der Waals surface area contributed by atoms with Crippen LogP contribution in [-0.4, -0.2) is 28.9 Å². The summed E-state index contributed by atoms with van der Waals surface area (Å²) in [5.74, 6) is -1.55. The third-order valence-corrected chi connectivity index (χ3v) is 3.31. The first-order chi connectivity index (χ1) is 10.8. The van der Waals surface area contributed by atoms with Crippen LogP contribution in [0.3, 0.4) is 0 Å². The molecule has 6 heteroatoms. The Morgan fingerprint density at radius 2 is 1.70 bits per heavy atom. The summed E-state index contributed by atoms with van der Waals surface area (Å²) in [5.41, 5.74) is 0.800. The zero-order valence-corrected chi connectivity index (χ0v) is 13.7. The molecule has 0 radical (unpaired) electrons. The van der Waals surface area contributed by atoms with Gasteiger partial charge in [0.05, 0.1) is 12.5 Å². The van der Waals surface area contributed by atoms with Crippen LogP contribution >= 0.6 is 0 Å². The van der Waals surface area contributed by atoms with Gasteiger partial charge in [-0.1, -0.05) is 44.2 Å². The zero-order chi connectivity index (χ0) is 17.4. The maximum Gasteiger partial charge on any atom is 0.326 e. The van der Waals surface area contributed by atoms with Crippen LogP contribution in [0.5, 0.6) is 0 Å². The highest BCUT2D eigenvalue weighted by molar-refractivity contribution is 5.84. The molecule has 1 unspecified atom stereocenters. The molecule has 0 aliphatic heterocycles. The second kappa shape index (κ2) is 8.92. The number of amides is 2. The van der Waals surface area contributed by atoms with Crippen molar-refractivity contribution in [2.45, 2.75) is 45.7 Å². The van der Waals surface area contributed by atoms with E-state index in [0.29, 0.717) is 6.42 Å². The smallest absolute Gasteiger partial charge is 0.326 e. The molecule has 0 aliphatic rings. The topological polar surface area (TPSA) is 95.5 Å². The molecule has 0 aromatic heterocycles. The first-order valence-electron chi connectivity index (χ1n) is 7.63. The van der Waals surface area contributed by atoms with Gasteiger partial charge in [0, 0.05) is 6.92 Å². The summed E-state index contributed by atoms with van der Waals surface area (Å²) in [6, 6.07) is 7.71. The molecule has 2 amide bonds. The van der Waals surface area contributed by atoms with Gasteiger partial charge >= 0.3 is 5.97 Å². The SMILES string of the molecule is CC(=O)NC(CC(=O)N[C@H](CC(C)C)C(=O)O)c1ccccc1. The van der Waals surface area contributed by atoms with E-state index in [4.69, 9.17) is 0 Å². The van der Waals surface area contributed by atoms with Crippen molar-refractivity contribution in [1.82, 2.24) is 10.6 Å². The second-order valence-electron chi connectivity index (χ2n) is 5.96. The lowest BCUT2D eigenvalue weighted by Crippen LogP contribution is -2.43. The van der Waals surface area contributed by atoms with Gasteiger partial charge in [-0.25, -0.2) is 4.79 Å². The monoisotopic (exact) mass is 320 g/mol. The largest absolute Gasteiger partial charge is 0.480 e. The van der Waals surface area contributed by atoms with Gasteiger partial charge in [0.15, 0.2) is 0 Å². The Balaban J connectivity index is 2.76. The number of hydrogen-bond acceptors (Lipinski definition) is 3. The number of hydrogen-bond donors (Lipinski definition) is 3. The molecule has 1 rings (SSSR count). The minimum absolute atomic E-state index is 0.00846. The van der Waals surface area contributed by atoms with Crippen LogP contribution in [0.15, 0.2) is 30.3 Å². The molecule has 1 aromatic rings. The van der Waals surface area contributed by atoms with E-state index in [0.717, 1.165) is 5.56 Å². The molecule has 6 nitrogen and oxygen atoms in total. The lowest BCUT2D eigenvalue weighted by Gasteiger charge is -2.21. The maximum absolute atomic E-state index is 12.2. The summed E-state index contributed by atoms with van der Waals surface area (Å²) in [6.45, 7) is 5.17. The van der Waals surface area contributed by atoms with Crippen LogP contribution in [-0.2, 0) is 14.4 Å². The molecule has 0 fully saturated rings. The number of carboxylic acids is 1. The average Bonchev–Trinajstić information content (AvgIpc) is 2.45. The molecular weight excluding hydrogens is 296 g/mol. The van der Waals surface area contributed by atoms with Gasteiger partial charge in [-0.05, 0) is 17.9 Å². The van der Waals surface area contributed by atoms with Crippen molar-refractivity contribution < 1.29 is 19.5 Å². The van der Waals surface area contributed by atoms with Gasteiger partial charge in [-0.3, -0.25) is 9.59 Å². The van der Waals surface area contributed by atoms with Crippen molar-refractivity contribution in [2.24, 2.45) is 5.92 Å². The van der Waals surface area contributed by atoms with E-state index >= 15 is 0 Å². The lowest BCUT2D eigenvalue weighted by molar-refractivity contribution is -0.142. The van der Waals surface area contributed by atoms with E-state index in [1.54, 1.807) is 0 Å². The van der Waals surface area contributed by atoms with Gasteiger partial charge in [-0.15, -0.1) is 0 Å². The summed E-state index contributed by atoms with van der Waals surface area (Å²) in [4.78, 5) is 34.7. The van der Waals surface area contributed by atoms with Crippen molar-refractivity contribution in [3.63, 3.8) is 0 Å². The fraction of sp³-hybridized carbons (Fsp3) is 0.471. The normalized spacial score (nSPS) is 13.2. The molecule has 0 saturated carbocycles. The quantitative estimate of drug-likeness (QED) is 0.681. The minimum atomic E-state index is -1.05. The van der Waals surface area contributed by atoms with Gasteiger partial charge in [0.2, 0.25) is 11.8 Å². The molecule has 0 saturated heterocycles. The standard InChI is InChI=1S/C17H24N2O4/c1-11(2)9-15(17(22)23)19-16(21)10-14(18-12(3)20)13-7-5-4-6-8-13/h4-8,11,14-15H,9-10H2,1-3H3,(H,18,20)(H,19,21)(H,22,23)/t14?,15-/m1/s1. The number of aliphatic carboxylic acids is 1. The first kappa shape index (κ1) is 18.7. The highest BCUT2D eigenvalue weighted by atomic mass is 16.4. The Kier molecular flexibility index (Phi) is 7.25. The van der Waals surface area contributed by atoms with Crippen LogP contribution < -0.4 is 10.6 Å². The van der Waals surface area contributed by atoms with Gasteiger partial charge in [-0.2, -0.15) is 0 Å². The van der Waals surface area contributed by atoms with Crippen molar-refractivity contribution >= 4 is 17.8 Å². The van der Waals surface area contributed by atoms with E-state index in [1.807, 2.05) is 44.2 Å². The third kappa shape index (κ3) is 6.95. The van der Waals surface area contributed by atoms with Crippen molar-refractivity contribution in [3.05, 3.63) is 35.9 Å². The molecule has 23 heavy (non-hydrogen) atoms. The van der Waals surface area contributed by atoms with E-state index < -0.39 is 24.0 Å². The number of rotatable bonds is 8. The van der Waals surface area contributed by atoms with E-state index in [9.17, 15) is 19.5 Å². The molecule has 0 bridgehead atoms. The molecule has 0 aliphatic carbocycles. The third-order valence-electron chi connectivity index (χ3n) is 3.31. The Morgan fingerprint density at radius 1 is 1.09 bits per heavy atom. The highest BCUT2D eigenvalue weighted by Crippen LogP contribution is 2.17. The van der Waals surface area contributed by atoms with Crippen molar-refractivity contribution in [2.75, 3.05) is 0 Å². The molecule has 2 atom stereocenters. The predicted molar refractivity (Wildman–Crippen MR) is 86.6 cm³/mol. The van der Waals surface area contributed by atoms with Gasteiger partial charge in [0.1, 0.15) is 6.04 Å². The molecule has 3 N–H and O–H groups in total. The van der Waals surface area contributed by atoms with Gasteiger partial charge in [0.25, 0.3) is 0 Å². The van der Waals surface area contributed by atoms with Crippen LogP contribution in [0.2, 0.25) is 0 Å². The molecule has 1 aromatic carbocycles.